The molecule has 1 aromatic rings. The predicted octanol–water partition coefficient (Wildman–Crippen LogP) is 1.50. The van der Waals surface area contributed by atoms with Gasteiger partial charge in [-0.25, -0.2) is 4.98 Å². The van der Waals surface area contributed by atoms with Crippen LogP contribution in [-0.4, -0.2) is 16.1 Å². The summed E-state index contributed by atoms with van der Waals surface area (Å²) in [4.78, 5) is 4.47. The Kier molecular flexibility index (Phi) is 3.19. The van der Waals surface area contributed by atoms with Crippen LogP contribution in [0, 0.1) is 0 Å². The predicted molar refractivity (Wildman–Crippen MR) is 57.2 cm³/mol. The Morgan fingerprint density at radius 1 is 1.29 bits per heavy atom. The molecule has 1 aliphatic rings. The molecule has 0 aliphatic heterocycles. The van der Waals surface area contributed by atoms with Gasteiger partial charge in [-0.3, -0.25) is 0 Å². The minimum atomic E-state index is 0.802. The highest BCUT2D eigenvalue weighted by atomic mass is 15.1. The minimum Gasteiger partial charge on any atom is -0.334 e. The molecule has 1 aromatic heterocycles. The molecule has 14 heavy (non-hydrogen) atoms. The van der Waals surface area contributed by atoms with Crippen molar-refractivity contribution in [1.82, 2.24) is 9.55 Å². The molecule has 1 heterocycles. The van der Waals surface area contributed by atoms with E-state index in [4.69, 9.17) is 5.73 Å². The molecule has 0 spiro atoms. The lowest BCUT2D eigenvalue weighted by Gasteiger charge is -2.13. The largest absolute Gasteiger partial charge is 0.334 e. The number of aromatic nitrogens is 2. The third kappa shape index (κ3) is 1.98. The Hall–Kier alpha value is -0.830. The first-order valence-electron chi connectivity index (χ1n) is 5.65. The quantitative estimate of drug-likeness (QED) is 0.736. The Balaban J connectivity index is 1.99. The number of rotatable bonds is 4. The number of nitrogens with two attached hydrogens (primary N) is 1. The van der Waals surface area contributed by atoms with Gasteiger partial charge in [0.1, 0.15) is 0 Å². The van der Waals surface area contributed by atoms with E-state index in [0.29, 0.717) is 0 Å². The lowest BCUT2D eigenvalue weighted by molar-refractivity contribution is 0.569. The van der Waals surface area contributed by atoms with E-state index in [1.807, 2.05) is 6.33 Å². The molecule has 1 aliphatic carbocycles. The molecule has 0 bridgehead atoms. The van der Waals surface area contributed by atoms with Gasteiger partial charge < -0.3 is 10.3 Å². The molecule has 0 saturated carbocycles. The summed E-state index contributed by atoms with van der Waals surface area (Å²) in [7, 11) is 0. The van der Waals surface area contributed by atoms with Crippen molar-refractivity contribution in [2.24, 2.45) is 5.73 Å². The van der Waals surface area contributed by atoms with Crippen LogP contribution in [0.25, 0.3) is 0 Å². The third-order valence-electron chi connectivity index (χ3n) is 2.96. The molecular weight excluding hydrogens is 174 g/mol. The van der Waals surface area contributed by atoms with Crippen molar-refractivity contribution in [3.8, 4) is 0 Å². The standard InChI is InChI=1S/C11H19N3/c12-7-3-4-8-14-9-13-10-5-1-2-6-11(10)14/h9H,1-8,12H2. The average molecular weight is 193 g/mol. The normalized spacial score (nSPS) is 15.5. The molecule has 0 amide bonds. The zero-order valence-electron chi connectivity index (χ0n) is 8.71. The second-order valence-electron chi connectivity index (χ2n) is 4.03. The van der Waals surface area contributed by atoms with Gasteiger partial charge >= 0.3 is 0 Å². The van der Waals surface area contributed by atoms with Gasteiger partial charge in [0, 0.05) is 12.2 Å². The van der Waals surface area contributed by atoms with Gasteiger partial charge in [0.05, 0.1) is 12.0 Å². The zero-order valence-corrected chi connectivity index (χ0v) is 8.71. The maximum atomic E-state index is 5.48. The van der Waals surface area contributed by atoms with Crippen LogP contribution < -0.4 is 5.73 Å². The number of hydrogen-bond acceptors (Lipinski definition) is 2. The number of unbranched alkanes of at least 4 members (excludes halogenated alkanes) is 1. The van der Waals surface area contributed by atoms with E-state index in [-0.39, 0.29) is 0 Å². The van der Waals surface area contributed by atoms with Crippen molar-refractivity contribution in [3.63, 3.8) is 0 Å². The number of aryl methyl sites for hydroxylation is 2. The van der Waals surface area contributed by atoms with Gasteiger partial charge in [0.2, 0.25) is 0 Å². The van der Waals surface area contributed by atoms with Crippen molar-refractivity contribution in [1.29, 1.82) is 0 Å². The van der Waals surface area contributed by atoms with Crippen molar-refractivity contribution in [2.75, 3.05) is 6.54 Å². The number of hydrogen-bond donors (Lipinski definition) is 1. The fourth-order valence-corrected chi connectivity index (χ4v) is 2.15. The SMILES string of the molecule is NCCCCn1cnc2c1CCCC2. The molecule has 2 N–H and O–H groups in total. The Bertz CT molecular complexity index is 291. The molecule has 0 atom stereocenters. The van der Waals surface area contributed by atoms with E-state index in [1.165, 1.54) is 43.5 Å². The minimum absolute atomic E-state index is 0.802. The molecule has 3 heteroatoms. The molecule has 0 radical (unpaired) electrons. The van der Waals surface area contributed by atoms with Crippen LogP contribution in [0.3, 0.4) is 0 Å². The summed E-state index contributed by atoms with van der Waals surface area (Å²) in [5.74, 6) is 0. The highest BCUT2D eigenvalue weighted by molar-refractivity contribution is 5.16. The molecule has 3 nitrogen and oxygen atoms in total. The highest BCUT2D eigenvalue weighted by Gasteiger charge is 2.14. The van der Waals surface area contributed by atoms with E-state index >= 15 is 0 Å². The van der Waals surface area contributed by atoms with Gasteiger partial charge in [-0.2, -0.15) is 0 Å². The van der Waals surface area contributed by atoms with Crippen molar-refractivity contribution < 1.29 is 0 Å². The first-order valence-corrected chi connectivity index (χ1v) is 5.65. The maximum Gasteiger partial charge on any atom is 0.0951 e. The summed E-state index contributed by atoms with van der Waals surface area (Å²) in [6.45, 7) is 1.90. The highest BCUT2D eigenvalue weighted by Crippen LogP contribution is 2.19. The maximum absolute atomic E-state index is 5.48. The summed E-state index contributed by atoms with van der Waals surface area (Å²) in [5.41, 5.74) is 8.30. The first-order chi connectivity index (χ1) is 6.92. The fourth-order valence-electron chi connectivity index (χ4n) is 2.15. The van der Waals surface area contributed by atoms with E-state index in [0.717, 1.165) is 19.5 Å². The van der Waals surface area contributed by atoms with Crippen molar-refractivity contribution in [3.05, 3.63) is 17.7 Å². The Morgan fingerprint density at radius 3 is 3.00 bits per heavy atom. The van der Waals surface area contributed by atoms with Gasteiger partial charge in [-0.15, -0.1) is 0 Å². The van der Waals surface area contributed by atoms with Crippen molar-refractivity contribution >= 4 is 0 Å². The van der Waals surface area contributed by atoms with Crippen LogP contribution in [0.2, 0.25) is 0 Å². The van der Waals surface area contributed by atoms with Crippen LogP contribution in [-0.2, 0) is 19.4 Å². The lowest BCUT2D eigenvalue weighted by Crippen LogP contribution is -2.09. The van der Waals surface area contributed by atoms with Gasteiger partial charge in [-0.1, -0.05) is 0 Å². The van der Waals surface area contributed by atoms with Gasteiger partial charge in [0.15, 0.2) is 0 Å². The van der Waals surface area contributed by atoms with Gasteiger partial charge in [0.25, 0.3) is 0 Å². The molecule has 0 unspecified atom stereocenters. The topological polar surface area (TPSA) is 43.8 Å². The molecule has 2 rings (SSSR count). The summed E-state index contributed by atoms with van der Waals surface area (Å²) >= 11 is 0. The Labute approximate surface area is 85.3 Å². The third-order valence-corrected chi connectivity index (χ3v) is 2.96. The molecule has 78 valence electrons. The smallest absolute Gasteiger partial charge is 0.0951 e. The number of nitrogens with zero attached hydrogens (tertiary/aromatic N) is 2. The van der Waals surface area contributed by atoms with E-state index in [9.17, 15) is 0 Å². The number of fused-ring (bicyclic) bond motifs is 1. The number of imidazole rings is 1. The van der Waals surface area contributed by atoms with Crippen LogP contribution in [0.1, 0.15) is 37.1 Å². The zero-order chi connectivity index (χ0) is 9.80. The molecule has 0 saturated heterocycles. The average Bonchev–Trinajstić information content (AvgIpc) is 2.63. The fraction of sp³-hybridized carbons (Fsp3) is 0.727. The van der Waals surface area contributed by atoms with Crippen LogP contribution in [0.15, 0.2) is 6.33 Å². The van der Waals surface area contributed by atoms with Crippen LogP contribution >= 0.6 is 0 Å². The summed E-state index contributed by atoms with van der Waals surface area (Å²) in [6.07, 6.45) is 9.35. The molecular formula is C11H19N3. The summed E-state index contributed by atoms with van der Waals surface area (Å²) in [5, 5.41) is 0. The monoisotopic (exact) mass is 193 g/mol. The van der Waals surface area contributed by atoms with E-state index in [2.05, 4.69) is 9.55 Å². The second kappa shape index (κ2) is 4.60. The van der Waals surface area contributed by atoms with Crippen LogP contribution in [0.5, 0.6) is 0 Å². The Morgan fingerprint density at radius 2 is 2.14 bits per heavy atom. The van der Waals surface area contributed by atoms with Crippen molar-refractivity contribution in [2.45, 2.75) is 45.1 Å². The first kappa shape index (κ1) is 9.71. The van der Waals surface area contributed by atoms with Crippen LogP contribution in [0.4, 0.5) is 0 Å². The van der Waals surface area contributed by atoms with E-state index in [1.54, 1.807) is 0 Å². The van der Waals surface area contributed by atoms with E-state index < -0.39 is 0 Å². The summed E-state index contributed by atoms with van der Waals surface area (Å²) in [6, 6.07) is 0. The molecule has 0 fully saturated rings. The lowest BCUT2D eigenvalue weighted by atomic mass is 10.0. The molecule has 0 aromatic carbocycles. The second-order valence-corrected chi connectivity index (χ2v) is 4.03. The summed E-state index contributed by atoms with van der Waals surface area (Å²) < 4.78 is 2.32. The van der Waals surface area contributed by atoms with Gasteiger partial charge in [-0.05, 0) is 45.1 Å².